The van der Waals surface area contributed by atoms with Crippen molar-refractivity contribution in [3.8, 4) is 0 Å². The fraction of sp³-hybridized carbons (Fsp3) is 0.519. The van der Waals surface area contributed by atoms with Gasteiger partial charge in [0.1, 0.15) is 0 Å². The predicted octanol–water partition coefficient (Wildman–Crippen LogP) is 10.3. The summed E-state index contributed by atoms with van der Waals surface area (Å²) in [5.74, 6) is 0.283. The van der Waals surface area contributed by atoms with E-state index in [9.17, 15) is 31.1 Å². The smallest absolute Gasteiger partial charge is 0.341 e. The third-order valence-electron chi connectivity index (χ3n) is 14.3. The van der Waals surface area contributed by atoms with Crippen LogP contribution in [0.25, 0.3) is 0 Å². The van der Waals surface area contributed by atoms with Gasteiger partial charge in [0, 0.05) is 124 Å². The molecule has 0 saturated carbocycles. The highest BCUT2D eigenvalue weighted by atomic mass is 32.2. The molecule has 6 aliphatic rings. The number of rotatable bonds is 14. The number of para-hydroxylation sites is 2. The van der Waals surface area contributed by atoms with Crippen LogP contribution in [0.3, 0.4) is 0 Å². The molecule has 0 aromatic heterocycles. The van der Waals surface area contributed by atoms with Gasteiger partial charge in [0.05, 0.1) is 33.9 Å². The van der Waals surface area contributed by atoms with Gasteiger partial charge >= 0.3 is 12.4 Å². The van der Waals surface area contributed by atoms with E-state index >= 15 is 0 Å². The largest absolute Gasteiger partial charge is 0.416 e. The van der Waals surface area contributed by atoms with Crippen LogP contribution in [-0.4, -0.2) is 160 Å². The lowest BCUT2D eigenvalue weighted by atomic mass is 10.1. The molecule has 6 aliphatic heterocycles. The second kappa shape index (κ2) is 22.6. The molecule has 17 heteroatoms. The molecule has 6 heterocycles. The molecule has 0 aliphatic carbocycles. The summed E-state index contributed by atoms with van der Waals surface area (Å²) >= 11 is 3.08. The second-order valence-electron chi connectivity index (χ2n) is 18.9. The minimum Gasteiger partial charge on any atom is -0.341 e. The summed E-state index contributed by atoms with van der Waals surface area (Å²) in [5.41, 5.74) is 2.11. The molecule has 9 nitrogen and oxygen atoms in total. The van der Waals surface area contributed by atoms with Gasteiger partial charge < -0.3 is 29.4 Å². The van der Waals surface area contributed by atoms with E-state index in [4.69, 9.17) is 0 Å². The van der Waals surface area contributed by atoms with Gasteiger partial charge in [-0.2, -0.15) is 26.3 Å². The first-order valence-corrected chi connectivity index (χ1v) is 26.4. The van der Waals surface area contributed by atoms with E-state index in [2.05, 4.69) is 40.4 Å². The zero-order valence-corrected chi connectivity index (χ0v) is 41.0. The Hall–Kier alpha value is -3.97. The maximum absolute atomic E-state index is 13.4. The molecule has 0 spiro atoms. The van der Waals surface area contributed by atoms with Crippen molar-refractivity contribution in [1.29, 1.82) is 0 Å². The summed E-state index contributed by atoms with van der Waals surface area (Å²) in [6, 6.07) is 24.2. The monoisotopic (exact) mass is 994 g/mol. The predicted molar refractivity (Wildman–Crippen MR) is 265 cm³/mol. The zero-order valence-electron chi connectivity index (χ0n) is 39.3. The highest BCUT2D eigenvalue weighted by Crippen LogP contribution is 2.51. The normalized spacial score (nSPS) is 19.6. The first-order valence-electron chi connectivity index (χ1n) is 24.8. The van der Waals surface area contributed by atoms with E-state index in [1.807, 2.05) is 47.4 Å². The van der Waals surface area contributed by atoms with Crippen LogP contribution in [0.4, 0.5) is 49.1 Å². The van der Waals surface area contributed by atoms with Crippen LogP contribution in [0.2, 0.25) is 0 Å². The SMILES string of the molecule is FC(F)(F)c1ccc2c(c1)N(CCCN1CCN(CCN3CCCC3)CC1)c1ccccc1S2.O=C1CCCN1CCN1CCN(CCCN2c3ccccc3Sc3ccc(C(F)(F)F)cc32)CC1. The maximum atomic E-state index is 13.4. The quantitative estimate of drug-likeness (QED) is 0.114. The van der Waals surface area contributed by atoms with Crippen LogP contribution in [0, 0.1) is 0 Å². The number of piperazine rings is 2. The number of likely N-dealkylation sites (tertiary alicyclic amines) is 2. The van der Waals surface area contributed by atoms with E-state index < -0.39 is 23.5 Å². The number of nitrogens with zero attached hydrogens (tertiary/aromatic N) is 8. The van der Waals surface area contributed by atoms with Gasteiger partial charge in [0.25, 0.3) is 0 Å². The summed E-state index contributed by atoms with van der Waals surface area (Å²) in [7, 11) is 0. The Bertz CT molecular complexity index is 2350. The minimum atomic E-state index is -4.36. The van der Waals surface area contributed by atoms with Crippen molar-refractivity contribution < 1.29 is 31.1 Å². The maximum Gasteiger partial charge on any atom is 0.416 e. The van der Waals surface area contributed by atoms with Gasteiger partial charge in [-0.3, -0.25) is 14.6 Å². The third kappa shape index (κ3) is 12.7. The lowest BCUT2D eigenvalue weighted by molar-refractivity contribution is -0.138. The summed E-state index contributed by atoms with van der Waals surface area (Å²) in [4.78, 5) is 34.4. The van der Waals surface area contributed by atoms with E-state index in [1.165, 1.54) is 68.5 Å². The van der Waals surface area contributed by atoms with Crippen molar-refractivity contribution >= 4 is 52.2 Å². The Morgan fingerprint density at radius 2 is 0.797 bits per heavy atom. The second-order valence-corrected chi connectivity index (χ2v) is 21.1. The molecular weight excluding hydrogens is 931 g/mol. The summed E-state index contributed by atoms with van der Waals surface area (Å²) in [5, 5.41) is 0. The molecule has 372 valence electrons. The van der Waals surface area contributed by atoms with E-state index in [-0.39, 0.29) is 5.91 Å². The van der Waals surface area contributed by atoms with Crippen LogP contribution < -0.4 is 9.80 Å². The first kappa shape index (κ1) is 50.0. The van der Waals surface area contributed by atoms with Gasteiger partial charge in [0.2, 0.25) is 5.91 Å². The van der Waals surface area contributed by atoms with Crippen LogP contribution in [-0.2, 0) is 17.1 Å². The molecule has 4 aromatic carbocycles. The highest BCUT2D eigenvalue weighted by molar-refractivity contribution is 8.00. The minimum absolute atomic E-state index is 0.283. The average molecular weight is 995 g/mol. The van der Waals surface area contributed by atoms with Crippen LogP contribution >= 0.6 is 23.5 Å². The average Bonchev–Trinajstić information content (AvgIpc) is 4.04. The third-order valence-corrected chi connectivity index (χ3v) is 16.6. The van der Waals surface area contributed by atoms with Crippen molar-refractivity contribution in [1.82, 2.24) is 29.4 Å². The van der Waals surface area contributed by atoms with Crippen molar-refractivity contribution in [3.05, 3.63) is 96.1 Å². The lowest BCUT2D eigenvalue weighted by Gasteiger charge is -2.37. The number of amides is 1. The number of carbonyl (C=O) groups excluding carboxylic acids is 1. The standard InChI is InChI=1S/C26H31F3N4OS.C26H33F3N4S/c27-26(28,29)20-8-9-24-22(19-20)33(21-5-1-2-6-23(21)35-24)12-4-10-30-13-15-31(16-14-30)17-18-32-11-3-7-25(32)34;27-26(28,29)21-8-9-25-23(20-21)33(22-6-1-2-7-24(22)34-25)13-5-12-31-15-18-32(19-16-31)17-14-30-10-3-4-11-30/h1-2,5-6,8-9,19H,3-4,7,10-18H2;1-2,6-9,20H,3-5,10-19H2. The van der Waals surface area contributed by atoms with Gasteiger partial charge in [-0.15, -0.1) is 0 Å². The molecule has 4 saturated heterocycles. The fourth-order valence-electron chi connectivity index (χ4n) is 10.4. The molecule has 0 radical (unpaired) electrons. The Labute approximate surface area is 411 Å². The number of carbonyl (C=O) groups is 1. The zero-order chi connectivity index (χ0) is 48.0. The van der Waals surface area contributed by atoms with E-state index in [0.717, 1.165) is 142 Å². The van der Waals surface area contributed by atoms with Crippen molar-refractivity contribution in [2.45, 2.75) is 70.5 Å². The van der Waals surface area contributed by atoms with E-state index in [0.29, 0.717) is 30.9 Å². The van der Waals surface area contributed by atoms with Gasteiger partial charge in [-0.05, 0) is 119 Å². The van der Waals surface area contributed by atoms with Crippen LogP contribution in [0.1, 0.15) is 49.7 Å². The van der Waals surface area contributed by atoms with Gasteiger partial charge in [0.15, 0.2) is 0 Å². The highest BCUT2D eigenvalue weighted by Gasteiger charge is 2.35. The van der Waals surface area contributed by atoms with Crippen molar-refractivity contribution in [2.75, 3.05) is 134 Å². The Balaban J connectivity index is 0.000000172. The first-order chi connectivity index (χ1) is 33.4. The molecule has 4 aromatic rings. The van der Waals surface area contributed by atoms with Crippen molar-refractivity contribution in [2.24, 2.45) is 0 Å². The number of hydrogen-bond donors (Lipinski definition) is 0. The van der Waals surface area contributed by atoms with Crippen LogP contribution in [0.15, 0.2) is 105 Å². The molecule has 0 bridgehead atoms. The summed E-state index contributed by atoms with van der Waals surface area (Å²) in [6.07, 6.45) is -2.54. The van der Waals surface area contributed by atoms with Crippen molar-refractivity contribution in [3.63, 3.8) is 0 Å². The summed E-state index contributed by atoms with van der Waals surface area (Å²) in [6.45, 7) is 19.1. The molecule has 4 fully saturated rings. The number of halogens is 6. The lowest BCUT2D eigenvalue weighted by Crippen LogP contribution is -2.48. The Morgan fingerprint density at radius 1 is 0.406 bits per heavy atom. The Morgan fingerprint density at radius 3 is 1.22 bits per heavy atom. The van der Waals surface area contributed by atoms with E-state index in [1.54, 1.807) is 23.9 Å². The molecule has 10 rings (SSSR count). The molecule has 69 heavy (non-hydrogen) atoms. The molecule has 0 unspecified atom stereocenters. The molecule has 0 N–H and O–H groups in total. The number of anilines is 4. The Kier molecular flexibility index (Phi) is 16.4. The fourth-order valence-corrected chi connectivity index (χ4v) is 12.5. The van der Waals surface area contributed by atoms with Gasteiger partial charge in [-0.25, -0.2) is 0 Å². The number of alkyl halides is 6. The number of hydrogen-bond acceptors (Lipinski definition) is 10. The van der Waals surface area contributed by atoms with Crippen LogP contribution in [0.5, 0.6) is 0 Å². The topological polar surface area (TPSA) is 43.0 Å². The molecule has 0 atom stereocenters. The molecule has 1 amide bonds. The summed E-state index contributed by atoms with van der Waals surface area (Å²) < 4.78 is 80.5. The van der Waals surface area contributed by atoms with Gasteiger partial charge in [-0.1, -0.05) is 47.8 Å². The molecular formula is C52H64F6N8OS2. The number of fused-ring (bicyclic) bond motifs is 4. The number of benzene rings is 4.